The fraction of sp³-hybridized carbons (Fsp3) is 0.211. The van der Waals surface area contributed by atoms with E-state index in [0.717, 1.165) is 29.8 Å². The molecule has 0 aliphatic heterocycles. The van der Waals surface area contributed by atoms with Gasteiger partial charge in [0.2, 0.25) is 5.95 Å². The van der Waals surface area contributed by atoms with Crippen LogP contribution in [-0.4, -0.2) is 21.5 Å². The average Bonchev–Trinajstić information content (AvgIpc) is 2.63. The van der Waals surface area contributed by atoms with Crippen molar-refractivity contribution >= 4 is 11.5 Å². The van der Waals surface area contributed by atoms with E-state index in [-0.39, 0.29) is 0 Å². The summed E-state index contributed by atoms with van der Waals surface area (Å²) in [5.41, 5.74) is 2.05. The quantitative estimate of drug-likeness (QED) is 0.839. The largest absolute Gasteiger partial charge is 0.351 e. The molecule has 4 heteroatoms. The Bertz CT molecular complexity index is 745. The van der Waals surface area contributed by atoms with E-state index in [0.29, 0.717) is 18.3 Å². The SMILES string of the molecule is C/C=C\CNc1nc(C2=CCCC=C2)nc(-c2ccccc2)n1. The first-order valence-electron chi connectivity index (χ1n) is 7.90. The molecule has 0 atom stereocenters. The standard InChI is InChI=1S/C19H20N4/c1-2-3-14-20-19-22-17(15-10-6-4-7-11-15)21-18(23-19)16-12-8-5-9-13-16/h2-4,6-8,10-13H,5,9,14H2,1H3,(H,20,21,22,23)/b3-2-. The fourth-order valence-corrected chi connectivity index (χ4v) is 2.35. The molecular weight excluding hydrogens is 284 g/mol. The third kappa shape index (κ3) is 3.92. The van der Waals surface area contributed by atoms with Gasteiger partial charge in [-0.1, -0.05) is 60.7 Å². The number of allylic oxidation sites excluding steroid dienone is 5. The number of anilines is 1. The molecule has 0 saturated carbocycles. The van der Waals surface area contributed by atoms with Gasteiger partial charge in [-0.2, -0.15) is 9.97 Å². The molecule has 1 heterocycles. The second-order valence-electron chi connectivity index (χ2n) is 5.26. The minimum Gasteiger partial charge on any atom is -0.351 e. The summed E-state index contributed by atoms with van der Waals surface area (Å²) in [4.78, 5) is 13.8. The van der Waals surface area contributed by atoms with E-state index in [1.807, 2.05) is 49.4 Å². The minimum absolute atomic E-state index is 0.604. The van der Waals surface area contributed by atoms with Gasteiger partial charge in [0.05, 0.1) is 0 Å². The average molecular weight is 304 g/mol. The van der Waals surface area contributed by atoms with E-state index in [2.05, 4.69) is 38.5 Å². The van der Waals surface area contributed by atoms with E-state index in [1.54, 1.807) is 0 Å². The summed E-state index contributed by atoms with van der Waals surface area (Å²) >= 11 is 0. The molecule has 2 aromatic rings. The Morgan fingerprint density at radius 1 is 1.04 bits per heavy atom. The molecule has 1 aromatic heterocycles. The van der Waals surface area contributed by atoms with Crippen LogP contribution in [0.25, 0.3) is 17.0 Å². The first-order chi connectivity index (χ1) is 11.4. The predicted octanol–water partition coefficient (Wildman–Crippen LogP) is 4.26. The van der Waals surface area contributed by atoms with Gasteiger partial charge in [-0.15, -0.1) is 0 Å². The maximum absolute atomic E-state index is 4.66. The van der Waals surface area contributed by atoms with Gasteiger partial charge in [0.15, 0.2) is 11.6 Å². The number of hydrogen-bond donors (Lipinski definition) is 1. The lowest BCUT2D eigenvalue weighted by Crippen LogP contribution is -2.08. The lowest BCUT2D eigenvalue weighted by molar-refractivity contribution is 0.995. The van der Waals surface area contributed by atoms with Gasteiger partial charge in [0, 0.05) is 17.7 Å². The van der Waals surface area contributed by atoms with Crippen LogP contribution in [-0.2, 0) is 0 Å². The van der Waals surface area contributed by atoms with Crippen LogP contribution in [0.4, 0.5) is 5.95 Å². The lowest BCUT2D eigenvalue weighted by atomic mass is 10.1. The van der Waals surface area contributed by atoms with Crippen LogP contribution in [0.5, 0.6) is 0 Å². The summed E-state index contributed by atoms with van der Waals surface area (Å²) in [7, 11) is 0. The van der Waals surface area contributed by atoms with Gasteiger partial charge < -0.3 is 5.32 Å². The van der Waals surface area contributed by atoms with Gasteiger partial charge in [0.1, 0.15) is 0 Å². The van der Waals surface area contributed by atoms with Crippen LogP contribution in [0.1, 0.15) is 25.6 Å². The molecule has 0 spiro atoms. The van der Waals surface area contributed by atoms with Gasteiger partial charge >= 0.3 is 0 Å². The van der Waals surface area contributed by atoms with Gasteiger partial charge in [0.25, 0.3) is 0 Å². The molecule has 0 saturated heterocycles. The molecule has 0 radical (unpaired) electrons. The van der Waals surface area contributed by atoms with Crippen molar-refractivity contribution in [3.8, 4) is 11.4 Å². The monoisotopic (exact) mass is 304 g/mol. The predicted molar refractivity (Wildman–Crippen MR) is 94.9 cm³/mol. The summed E-state index contributed by atoms with van der Waals surface area (Å²) in [5.74, 6) is 2.02. The van der Waals surface area contributed by atoms with Crippen LogP contribution in [0, 0.1) is 0 Å². The molecule has 1 aliphatic rings. The Morgan fingerprint density at radius 3 is 2.61 bits per heavy atom. The maximum Gasteiger partial charge on any atom is 0.227 e. The number of aromatic nitrogens is 3. The third-order valence-corrected chi connectivity index (χ3v) is 3.53. The molecule has 4 nitrogen and oxygen atoms in total. The summed E-state index contributed by atoms with van der Waals surface area (Å²) < 4.78 is 0. The Labute approximate surface area is 136 Å². The number of nitrogens with zero attached hydrogens (tertiary/aromatic N) is 3. The van der Waals surface area contributed by atoms with E-state index < -0.39 is 0 Å². The van der Waals surface area contributed by atoms with E-state index in [4.69, 9.17) is 0 Å². The van der Waals surface area contributed by atoms with Crippen LogP contribution >= 0.6 is 0 Å². The molecular formula is C19H20N4. The molecule has 23 heavy (non-hydrogen) atoms. The van der Waals surface area contributed by atoms with Crippen LogP contribution < -0.4 is 5.32 Å². The molecule has 0 amide bonds. The molecule has 0 unspecified atom stereocenters. The molecule has 0 bridgehead atoms. The molecule has 1 N–H and O–H groups in total. The van der Waals surface area contributed by atoms with Crippen molar-refractivity contribution in [3.63, 3.8) is 0 Å². The summed E-state index contributed by atoms with van der Waals surface area (Å²) in [6, 6.07) is 10.0. The summed E-state index contributed by atoms with van der Waals surface area (Å²) in [6.45, 7) is 2.69. The van der Waals surface area contributed by atoms with E-state index in [9.17, 15) is 0 Å². The van der Waals surface area contributed by atoms with Crippen molar-refractivity contribution in [1.29, 1.82) is 0 Å². The highest BCUT2D eigenvalue weighted by Crippen LogP contribution is 2.22. The first-order valence-corrected chi connectivity index (χ1v) is 7.90. The second-order valence-corrected chi connectivity index (χ2v) is 5.26. The van der Waals surface area contributed by atoms with Gasteiger partial charge in [-0.3, -0.25) is 0 Å². The molecule has 1 aliphatic carbocycles. The Morgan fingerprint density at radius 2 is 1.87 bits per heavy atom. The lowest BCUT2D eigenvalue weighted by Gasteiger charge is -2.10. The summed E-state index contributed by atoms with van der Waals surface area (Å²) in [5, 5.41) is 3.23. The van der Waals surface area contributed by atoms with Crippen LogP contribution in [0.15, 0.2) is 60.7 Å². The fourth-order valence-electron chi connectivity index (χ4n) is 2.35. The zero-order chi connectivity index (χ0) is 15.9. The Balaban J connectivity index is 1.99. The van der Waals surface area contributed by atoms with Crippen molar-refractivity contribution in [2.75, 3.05) is 11.9 Å². The van der Waals surface area contributed by atoms with Crippen molar-refractivity contribution in [1.82, 2.24) is 15.0 Å². The van der Waals surface area contributed by atoms with Crippen molar-refractivity contribution in [2.24, 2.45) is 0 Å². The second kappa shape index (κ2) is 7.49. The highest BCUT2D eigenvalue weighted by molar-refractivity contribution is 5.72. The van der Waals surface area contributed by atoms with Crippen molar-refractivity contribution < 1.29 is 0 Å². The number of benzene rings is 1. The Hall–Kier alpha value is -2.75. The molecule has 116 valence electrons. The van der Waals surface area contributed by atoms with E-state index >= 15 is 0 Å². The normalized spacial score (nSPS) is 14.0. The highest BCUT2D eigenvalue weighted by atomic mass is 15.2. The molecule has 1 aromatic carbocycles. The smallest absolute Gasteiger partial charge is 0.227 e. The number of rotatable bonds is 5. The van der Waals surface area contributed by atoms with Crippen LogP contribution in [0.3, 0.4) is 0 Å². The van der Waals surface area contributed by atoms with Crippen molar-refractivity contribution in [2.45, 2.75) is 19.8 Å². The van der Waals surface area contributed by atoms with Gasteiger partial charge in [-0.05, 0) is 19.8 Å². The maximum atomic E-state index is 4.66. The topological polar surface area (TPSA) is 50.7 Å². The zero-order valence-electron chi connectivity index (χ0n) is 13.2. The minimum atomic E-state index is 0.604. The molecule has 0 fully saturated rings. The third-order valence-electron chi connectivity index (χ3n) is 3.53. The number of hydrogen-bond acceptors (Lipinski definition) is 4. The van der Waals surface area contributed by atoms with Crippen molar-refractivity contribution in [3.05, 3.63) is 66.5 Å². The van der Waals surface area contributed by atoms with Crippen LogP contribution in [0.2, 0.25) is 0 Å². The highest BCUT2D eigenvalue weighted by Gasteiger charge is 2.11. The number of nitrogens with one attached hydrogen (secondary N) is 1. The summed E-state index contributed by atoms with van der Waals surface area (Å²) in [6.07, 6.45) is 12.6. The van der Waals surface area contributed by atoms with Gasteiger partial charge in [-0.25, -0.2) is 4.98 Å². The molecule has 3 rings (SSSR count). The van der Waals surface area contributed by atoms with E-state index in [1.165, 1.54) is 0 Å². The zero-order valence-corrected chi connectivity index (χ0v) is 13.2. The Kier molecular flexibility index (Phi) is 4.94. The first kappa shape index (κ1) is 15.2.